The molecule has 1 aliphatic carbocycles. The maximum Gasteiger partial charge on any atom is 0.0641 e. The van der Waals surface area contributed by atoms with Crippen LogP contribution in [-0.4, -0.2) is 9.13 Å². The van der Waals surface area contributed by atoms with Crippen LogP contribution in [0.4, 0.5) is 0 Å². The summed E-state index contributed by atoms with van der Waals surface area (Å²) in [5.41, 5.74) is 17.5. The molecular formula is C51H36N2. The van der Waals surface area contributed by atoms with E-state index in [1.807, 2.05) is 0 Å². The summed E-state index contributed by atoms with van der Waals surface area (Å²) in [5.74, 6) is 0. The number of aromatic nitrogens is 2. The Bertz CT molecular complexity index is 3050. The highest BCUT2D eigenvalue weighted by Crippen LogP contribution is 2.50. The molecule has 0 fully saturated rings. The molecular weight excluding hydrogens is 641 g/mol. The van der Waals surface area contributed by atoms with E-state index in [-0.39, 0.29) is 5.41 Å². The molecule has 2 heterocycles. The van der Waals surface area contributed by atoms with E-state index in [0.717, 1.165) is 5.69 Å². The molecule has 2 aromatic heterocycles. The summed E-state index contributed by atoms with van der Waals surface area (Å²) in [5, 5.41) is 5.06. The van der Waals surface area contributed by atoms with Crippen molar-refractivity contribution in [3.8, 4) is 44.8 Å². The van der Waals surface area contributed by atoms with Crippen LogP contribution in [0.5, 0.6) is 0 Å². The van der Waals surface area contributed by atoms with E-state index >= 15 is 0 Å². The van der Waals surface area contributed by atoms with Gasteiger partial charge in [0.25, 0.3) is 0 Å². The normalized spacial score (nSPS) is 13.2. The van der Waals surface area contributed by atoms with E-state index in [4.69, 9.17) is 0 Å². The molecule has 11 rings (SSSR count). The van der Waals surface area contributed by atoms with Gasteiger partial charge < -0.3 is 9.13 Å². The molecule has 0 atom stereocenters. The largest absolute Gasteiger partial charge is 0.309 e. The van der Waals surface area contributed by atoms with Gasteiger partial charge in [-0.2, -0.15) is 0 Å². The van der Waals surface area contributed by atoms with Crippen molar-refractivity contribution in [2.24, 2.45) is 0 Å². The first-order valence-electron chi connectivity index (χ1n) is 18.5. The van der Waals surface area contributed by atoms with Gasteiger partial charge in [-0.1, -0.05) is 153 Å². The molecule has 2 nitrogen and oxygen atoms in total. The Morgan fingerprint density at radius 3 is 1.64 bits per heavy atom. The molecule has 0 N–H and O–H groups in total. The number of hydrogen-bond acceptors (Lipinski definition) is 0. The molecule has 0 bridgehead atoms. The lowest BCUT2D eigenvalue weighted by Gasteiger charge is -2.22. The predicted octanol–water partition coefficient (Wildman–Crippen LogP) is 13.5. The van der Waals surface area contributed by atoms with Crippen LogP contribution >= 0.6 is 0 Å². The molecule has 0 saturated heterocycles. The molecule has 10 aromatic rings. The topological polar surface area (TPSA) is 9.86 Å². The van der Waals surface area contributed by atoms with E-state index in [1.165, 1.54) is 93.8 Å². The maximum atomic E-state index is 2.48. The third kappa shape index (κ3) is 4.33. The number of rotatable bonds is 4. The van der Waals surface area contributed by atoms with E-state index in [1.54, 1.807) is 0 Å². The van der Waals surface area contributed by atoms with Crippen molar-refractivity contribution in [2.45, 2.75) is 19.3 Å². The molecule has 8 aromatic carbocycles. The number of benzene rings is 8. The van der Waals surface area contributed by atoms with Gasteiger partial charge in [0.1, 0.15) is 0 Å². The second-order valence-corrected chi connectivity index (χ2v) is 15.0. The van der Waals surface area contributed by atoms with Crippen molar-refractivity contribution in [3.05, 3.63) is 193 Å². The van der Waals surface area contributed by atoms with E-state index in [2.05, 4.69) is 205 Å². The summed E-state index contributed by atoms with van der Waals surface area (Å²) < 4.78 is 4.96. The fourth-order valence-electron chi connectivity index (χ4n) is 9.18. The summed E-state index contributed by atoms with van der Waals surface area (Å²) >= 11 is 0. The van der Waals surface area contributed by atoms with Gasteiger partial charge in [-0.25, -0.2) is 0 Å². The first kappa shape index (κ1) is 30.0. The Kier molecular flexibility index (Phi) is 6.33. The van der Waals surface area contributed by atoms with Crippen LogP contribution in [0.2, 0.25) is 0 Å². The van der Waals surface area contributed by atoms with Crippen molar-refractivity contribution in [1.29, 1.82) is 0 Å². The Morgan fingerprint density at radius 1 is 0.358 bits per heavy atom. The van der Waals surface area contributed by atoms with Crippen molar-refractivity contribution in [3.63, 3.8) is 0 Å². The van der Waals surface area contributed by atoms with Crippen molar-refractivity contribution in [1.82, 2.24) is 9.13 Å². The second kappa shape index (κ2) is 11.2. The highest BCUT2D eigenvalue weighted by Gasteiger charge is 2.35. The lowest BCUT2D eigenvalue weighted by atomic mass is 9.82. The summed E-state index contributed by atoms with van der Waals surface area (Å²) in [6.45, 7) is 4.72. The predicted molar refractivity (Wildman–Crippen MR) is 224 cm³/mol. The maximum absolute atomic E-state index is 2.48. The quantitative estimate of drug-likeness (QED) is 0.176. The van der Waals surface area contributed by atoms with Crippen molar-refractivity contribution in [2.75, 3.05) is 0 Å². The third-order valence-corrected chi connectivity index (χ3v) is 11.7. The molecule has 2 heteroatoms. The fraction of sp³-hybridized carbons (Fsp3) is 0.0588. The first-order chi connectivity index (χ1) is 26.1. The zero-order chi connectivity index (χ0) is 35.3. The Hall–Kier alpha value is -6.64. The SMILES string of the molecule is CC1(C)c2ccccc2-c2ccc(-n3c4ccccc4c4c3ccc3c5ccccc5n(-c5ccc(-c6ccc(-c7ccccc7)cc6)cc5)c34)cc21. The lowest BCUT2D eigenvalue weighted by Crippen LogP contribution is -2.15. The molecule has 1 aliphatic rings. The van der Waals surface area contributed by atoms with Crippen LogP contribution in [0.15, 0.2) is 182 Å². The summed E-state index contributed by atoms with van der Waals surface area (Å²) in [7, 11) is 0. The van der Waals surface area contributed by atoms with Crippen LogP contribution in [0.3, 0.4) is 0 Å². The molecule has 0 radical (unpaired) electrons. The van der Waals surface area contributed by atoms with Crippen LogP contribution in [0.25, 0.3) is 88.4 Å². The molecule has 0 amide bonds. The van der Waals surface area contributed by atoms with Gasteiger partial charge in [0.2, 0.25) is 0 Å². The van der Waals surface area contributed by atoms with Crippen LogP contribution in [0.1, 0.15) is 25.0 Å². The number of fused-ring (bicyclic) bond motifs is 10. The molecule has 53 heavy (non-hydrogen) atoms. The van der Waals surface area contributed by atoms with Crippen molar-refractivity contribution < 1.29 is 0 Å². The standard InChI is InChI=1S/C51H36N2/c1-51(2)44-17-9-6-14-39(44)40-29-28-38(32-45(40)51)52-47-19-11-8-16-43(47)49-48(52)31-30-42-41-15-7-10-18-46(41)53(50(42)49)37-26-24-36(25-27-37)35-22-20-34(21-23-35)33-12-4-3-5-13-33/h3-32H,1-2H3. The molecule has 0 unspecified atom stereocenters. The highest BCUT2D eigenvalue weighted by molar-refractivity contribution is 6.26. The van der Waals surface area contributed by atoms with Gasteiger partial charge in [0.05, 0.1) is 22.1 Å². The minimum absolute atomic E-state index is 0.0729. The highest BCUT2D eigenvalue weighted by atomic mass is 15.0. The number of nitrogens with zero attached hydrogens (tertiary/aromatic N) is 2. The Morgan fingerprint density at radius 2 is 0.906 bits per heavy atom. The van der Waals surface area contributed by atoms with Crippen LogP contribution in [0, 0.1) is 0 Å². The number of para-hydroxylation sites is 2. The summed E-state index contributed by atoms with van der Waals surface area (Å²) in [4.78, 5) is 0. The smallest absolute Gasteiger partial charge is 0.0641 e. The third-order valence-electron chi connectivity index (χ3n) is 11.7. The molecule has 0 spiro atoms. The fourth-order valence-corrected chi connectivity index (χ4v) is 9.18. The lowest BCUT2D eigenvalue weighted by molar-refractivity contribution is 0.660. The van der Waals surface area contributed by atoms with Gasteiger partial charge in [0.15, 0.2) is 0 Å². The Balaban J connectivity index is 1.11. The van der Waals surface area contributed by atoms with Gasteiger partial charge >= 0.3 is 0 Å². The first-order valence-corrected chi connectivity index (χ1v) is 18.5. The average Bonchev–Trinajstić information content (AvgIpc) is 3.81. The van der Waals surface area contributed by atoms with Crippen LogP contribution < -0.4 is 0 Å². The second-order valence-electron chi connectivity index (χ2n) is 15.0. The van der Waals surface area contributed by atoms with Gasteiger partial charge in [0, 0.05) is 38.3 Å². The van der Waals surface area contributed by atoms with Crippen LogP contribution in [-0.2, 0) is 5.41 Å². The van der Waals surface area contributed by atoms with E-state index in [0.29, 0.717) is 0 Å². The zero-order valence-corrected chi connectivity index (χ0v) is 29.7. The molecule has 0 saturated carbocycles. The van der Waals surface area contributed by atoms with Gasteiger partial charge in [-0.15, -0.1) is 0 Å². The van der Waals surface area contributed by atoms with Gasteiger partial charge in [-0.3, -0.25) is 0 Å². The average molecular weight is 677 g/mol. The monoisotopic (exact) mass is 676 g/mol. The minimum Gasteiger partial charge on any atom is -0.309 e. The molecule has 250 valence electrons. The number of hydrogen-bond donors (Lipinski definition) is 0. The van der Waals surface area contributed by atoms with E-state index in [9.17, 15) is 0 Å². The van der Waals surface area contributed by atoms with Crippen molar-refractivity contribution >= 4 is 43.6 Å². The molecule has 0 aliphatic heterocycles. The van der Waals surface area contributed by atoms with E-state index < -0.39 is 0 Å². The Labute approximate surface area is 308 Å². The summed E-state index contributed by atoms with van der Waals surface area (Å²) in [6.07, 6.45) is 0. The minimum atomic E-state index is -0.0729. The zero-order valence-electron chi connectivity index (χ0n) is 29.7. The van der Waals surface area contributed by atoms with Gasteiger partial charge in [-0.05, 0) is 87.0 Å². The summed E-state index contributed by atoms with van der Waals surface area (Å²) in [6, 6.07) is 67.0.